The zero-order valence-corrected chi connectivity index (χ0v) is 10.8. The molecular formula is C8H15F3INS. The molecular weight excluding hydrogens is 326 g/mol. The van der Waals surface area contributed by atoms with Gasteiger partial charge in [0.1, 0.15) is 0 Å². The third kappa shape index (κ3) is 12.8. The van der Waals surface area contributed by atoms with Gasteiger partial charge in [-0.2, -0.15) is 13.2 Å². The molecule has 0 amide bonds. The summed E-state index contributed by atoms with van der Waals surface area (Å²) in [4.78, 5) is 0. The molecule has 0 aromatic carbocycles. The Balaban J connectivity index is 2.99. The van der Waals surface area contributed by atoms with Crippen molar-refractivity contribution in [1.29, 1.82) is 0 Å². The molecule has 0 saturated heterocycles. The fourth-order valence-electron chi connectivity index (χ4n) is 0.885. The van der Waals surface area contributed by atoms with Crippen LogP contribution in [0, 0.1) is 0 Å². The monoisotopic (exact) mass is 341 g/mol. The van der Waals surface area contributed by atoms with Gasteiger partial charge < -0.3 is 5.32 Å². The number of halogens is 4. The molecule has 0 heterocycles. The largest absolute Gasteiger partial charge is 0.441 e. The van der Waals surface area contributed by atoms with E-state index in [1.165, 1.54) is 6.42 Å². The van der Waals surface area contributed by atoms with E-state index in [-0.39, 0.29) is 17.5 Å². The first-order chi connectivity index (χ1) is 6.56. The minimum Gasteiger partial charge on any atom is -0.316 e. The molecule has 14 heavy (non-hydrogen) atoms. The van der Waals surface area contributed by atoms with Gasteiger partial charge in [-0.1, -0.05) is 29.0 Å². The van der Waals surface area contributed by atoms with Gasteiger partial charge in [0.25, 0.3) is 0 Å². The average Bonchev–Trinajstić information content (AvgIpc) is 2.08. The van der Waals surface area contributed by atoms with Crippen LogP contribution in [0.15, 0.2) is 0 Å². The van der Waals surface area contributed by atoms with Crippen molar-refractivity contribution in [3.05, 3.63) is 0 Å². The minimum atomic E-state index is -4.08. The number of hydrogen-bond donors (Lipinski definition) is 1. The summed E-state index contributed by atoms with van der Waals surface area (Å²) in [5.41, 5.74) is -4.08. The summed E-state index contributed by atoms with van der Waals surface area (Å²) in [6.07, 6.45) is 3.40. The van der Waals surface area contributed by atoms with Gasteiger partial charge in [-0.05, 0) is 35.6 Å². The summed E-state index contributed by atoms with van der Waals surface area (Å²) in [5, 5.41) is 2.99. The molecule has 0 spiro atoms. The van der Waals surface area contributed by atoms with E-state index in [4.69, 9.17) is 0 Å². The third-order valence-corrected chi connectivity index (χ3v) is 3.03. The van der Waals surface area contributed by atoms with Gasteiger partial charge in [-0.15, -0.1) is 0 Å². The van der Waals surface area contributed by atoms with Gasteiger partial charge in [0, 0.05) is 12.3 Å². The molecule has 0 bridgehead atoms. The fourth-order valence-corrected chi connectivity index (χ4v) is 1.90. The number of unbranched alkanes of at least 4 members (excludes halogenated alkanes) is 2. The summed E-state index contributed by atoms with van der Waals surface area (Å²) in [6.45, 7) is 1.27. The molecule has 0 aliphatic rings. The second-order valence-electron chi connectivity index (χ2n) is 2.79. The van der Waals surface area contributed by atoms with Crippen LogP contribution in [0.1, 0.15) is 19.3 Å². The second kappa shape index (κ2) is 9.08. The number of hydrogen-bond acceptors (Lipinski definition) is 2. The summed E-state index contributed by atoms with van der Waals surface area (Å²) >= 11 is 2.36. The van der Waals surface area contributed by atoms with Crippen molar-refractivity contribution < 1.29 is 13.2 Å². The van der Waals surface area contributed by atoms with Crippen LogP contribution in [0.4, 0.5) is 13.2 Å². The van der Waals surface area contributed by atoms with Crippen LogP contribution in [0.25, 0.3) is 0 Å². The van der Waals surface area contributed by atoms with Crippen LogP contribution >= 0.6 is 34.4 Å². The average molecular weight is 341 g/mol. The Morgan fingerprint density at radius 3 is 2.36 bits per heavy atom. The van der Waals surface area contributed by atoms with Crippen LogP contribution in [0.5, 0.6) is 0 Å². The van der Waals surface area contributed by atoms with Crippen molar-refractivity contribution in [3.8, 4) is 0 Å². The Morgan fingerprint density at radius 2 is 1.79 bits per heavy atom. The number of thioether (sulfide) groups is 1. The highest BCUT2D eigenvalue weighted by Crippen LogP contribution is 2.29. The maximum atomic E-state index is 11.7. The van der Waals surface area contributed by atoms with E-state index in [9.17, 15) is 13.2 Å². The highest BCUT2D eigenvalue weighted by atomic mass is 127. The molecule has 0 aliphatic carbocycles. The number of alkyl halides is 4. The first kappa shape index (κ1) is 14.8. The lowest BCUT2D eigenvalue weighted by atomic mass is 10.2. The first-order valence-corrected chi connectivity index (χ1v) is 7.05. The Hall–Kier alpha value is 0.830. The van der Waals surface area contributed by atoms with E-state index in [0.717, 1.165) is 23.8 Å². The van der Waals surface area contributed by atoms with E-state index in [1.54, 1.807) is 0 Å². The zero-order valence-electron chi connectivity index (χ0n) is 7.87. The lowest BCUT2D eigenvalue weighted by Crippen LogP contribution is -2.19. The Kier molecular flexibility index (Phi) is 9.62. The smallest absolute Gasteiger partial charge is 0.316 e. The highest BCUT2D eigenvalue weighted by molar-refractivity contribution is 14.1. The predicted molar refractivity (Wildman–Crippen MR) is 64.1 cm³/mol. The molecule has 0 unspecified atom stereocenters. The van der Waals surface area contributed by atoms with E-state index < -0.39 is 5.51 Å². The minimum absolute atomic E-state index is 0.0382. The standard InChI is InChI=1S/C8H15F3INS/c9-8(10,11)14-7-6-13-5-3-1-2-4-12/h13H,1-7H2. The van der Waals surface area contributed by atoms with Crippen LogP contribution in [-0.4, -0.2) is 28.8 Å². The van der Waals surface area contributed by atoms with Gasteiger partial charge in [0.2, 0.25) is 0 Å². The van der Waals surface area contributed by atoms with E-state index >= 15 is 0 Å². The fraction of sp³-hybridized carbons (Fsp3) is 1.00. The van der Waals surface area contributed by atoms with Gasteiger partial charge in [-0.25, -0.2) is 0 Å². The molecule has 0 aliphatic heterocycles. The van der Waals surface area contributed by atoms with Gasteiger partial charge in [0.15, 0.2) is 0 Å². The normalized spacial score (nSPS) is 12.0. The van der Waals surface area contributed by atoms with Crippen molar-refractivity contribution in [2.45, 2.75) is 24.8 Å². The van der Waals surface area contributed by atoms with E-state index in [2.05, 4.69) is 27.9 Å². The lowest BCUT2D eigenvalue weighted by molar-refractivity contribution is -0.0327. The van der Waals surface area contributed by atoms with E-state index in [1.807, 2.05) is 0 Å². The number of rotatable bonds is 8. The van der Waals surface area contributed by atoms with Crippen molar-refractivity contribution in [2.75, 3.05) is 23.3 Å². The molecule has 0 radical (unpaired) electrons. The number of nitrogens with one attached hydrogen (secondary N) is 1. The van der Waals surface area contributed by atoms with Crippen LogP contribution < -0.4 is 5.32 Å². The van der Waals surface area contributed by atoms with Crippen LogP contribution in [0.2, 0.25) is 0 Å². The quantitative estimate of drug-likeness (QED) is 0.412. The highest BCUT2D eigenvalue weighted by Gasteiger charge is 2.27. The molecule has 0 saturated carbocycles. The second-order valence-corrected chi connectivity index (χ2v) is 5.03. The SMILES string of the molecule is FC(F)(F)SCCNCCCCCI. The summed E-state index contributed by atoms with van der Waals surface area (Å²) in [7, 11) is 0. The van der Waals surface area contributed by atoms with Crippen LogP contribution in [0.3, 0.4) is 0 Å². The van der Waals surface area contributed by atoms with Gasteiger partial charge >= 0.3 is 5.51 Å². The molecule has 1 N–H and O–H groups in total. The Morgan fingerprint density at radius 1 is 1.07 bits per heavy atom. The molecule has 0 rings (SSSR count). The third-order valence-electron chi connectivity index (χ3n) is 1.53. The molecule has 0 aromatic rings. The maximum Gasteiger partial charge on any atom is 0.441 e. The first-order valence-electron chi connectivity index (χ1n) is 4.53. The summed E-state index contributed by atoms with van der Waals surface area (Å²) in [5.74, 6) is 0.107. The summed E-state index contributed by atoms with van der Waals surface area (Å²) < 4.78 is 36.2. The Labute approximate surface area is 101 Å². The molecule has 1 nitrogen and oxygen atoms in total. The van der Waals surface area contributed by atoms with Crippen molar-refractivity contribution >= 4 is 34.4 Å². The van der Waals surface area contributed by atoms with Crippen molar-refractivity contribution in [3.63, 3.8) is 0 Å². The van der Waals surface area contributed by atoms with Gasteiger partial charge in [-0.3, -0.25) is 0 Å². The topological polar surface area (TPSA) is 12.0 Å². The molecule has 86 valence electrons. The molecule has 6 heteroatoms. The maximum absolute atomic E-state index is 11.7. The molecule has 0 fully saturated rings. The van der Waals surface area contributed by atoms with Crippen LogP contribution in [-0.2, 0) is 0 Å². The Bertz CT molecular complexity index is 132. The molecule has 0 atom stereocenters. The summed E-state index contributed by atoms with van der Waals surface area (Å²) in [6, 6.07) is 0. The predicted octanol–water partition coefficient (Wildman–Crippen LogP) is 3.43. The van der Waals surface area contributed by atoms with E-state index in [0.29, 0.717) is 6.54 Å². The van der Waals surface area contributed by atoms with Gasteiger partial charge in [0.05, 0.1) is 0 Å². The molecule has 0 aromatic heterocycles. The van der Waals surface area contributed by atoms with Crippen molar-refractivity contribution in [2.24, 2.45) is 0 Å². The zero-order chi connectivity index (χ0) is 10.9. The lowest BCUT2D eigenvalue weighted by Gasteiger charge is -2.06. The van der Waals surface area contributed by atoms with Crippen molar-refractivity contribution in [1.82, 2.24) is 5.32 Å².